The highest BCUT2D eigenvalue weighted by molar-refractivity contribution is 6.32. The number of ether oxygens (including phenoxy) is 1. The van der Waals surface area contributed by atoms with E-state index >= 15 is 0 Å². The molecular formula is C34H43ClN4O3. The summed E-state index contributed by atoms with van der Waals surface area (Å²) in [7, 11) is 0. The van der Waals surface area contributed by atoms with Gasteiger partial charge in [0, 0.05) is 46.0 Å². The van der Waals surface area contributed by atoms with Crippen LogP contribution in [0.25, 0.3) is 22.0 Å². The zero-order chi connectivity index (χ0) is 30.0. The van der Waals surface area contributed by atoms with Crippen molar-refractivity contribution < 1.29 is 14.6 Å². The standard InChI is InChI=1S/C34H43ClN4O3/c1-22-20-27(21-23(2)33(22)35)42-19-9-12-28-25(4)38(16-13-31(40)41)34-29(28)10-8-11-30(34)32-24(3)36-39(26(32)5)18-17-37-14-6-7-15-37/h8,10-11,20-21H,6-7,9,12-19H2,1-5H3,(H,40,41). The fraction of sp³-hybridized carbons (Fsp3) is 0.471. The number of carboxylic acid groups (broad SMARTS) is 1. The summed E-state index contributed by atoms with van der Waals surface area (Å²) in [6, 6.07) is 10.4. The minimum absolute atomic E-state index is 0.0732. The van der Waals surface area contributed by atoms with Gasteiger partial charge in [0.1, 0.15) is 5.75 Å². The van der Waals surface area contributed by atoms with Crippen molar-refractivity contribution in [1.29, 1.82) is 0 Å². The first-order valence-corrected chi connectivity index (χ1v) is 15.5. The van der Waals surface area contributed by atoms with E-state index < -0.39 is 5.97 Å². The molecule has 0 unspecified atom stereocenters. The molecule has 1 fully saturated rings. The van der Waals surface area contributed by atoms with Crippen molar-refractivity contribution in [2.24, 2.45) is 0 Å². The maximum Gasteiger partial charge on any atom is 0.305 e. The van der Waals surface area contributed by atoms with Gasteiger partial charge in [-0.05, 0) is 102 Å². The first-order chi connectivity index (χ1) is 20.2. The number of rotatable bonds is 12. The third kappa shape index (κ3) is 6.23. The normalized spacial score (nSPS) is 13.9. The molecule has 3 heterocycles. The number of nitrogens with zero attached hydrogens (tertiary/aromatic N) is 4. The largest absolute Gasteiger partial charge is 0.494 e. The fourth-order valence-corrected chi connectivity index (χ4v) is 6.69. The Kier molecular flexibility index (Phi) is 9.28. The van der Waals surface area contributed by atoms with Crippen molar-refractivity contribution >= 4 is 28.5 Å². The van der Waals surface area contributed by atoms with Crippen molar-refractivity contribution in [3.8, 4) is 16.9 Å². The molecule has 0 amide bonds. The van der Waals surface area contributed by atoms with Crippen molar-refractivity contribution in [3.63, 3.8) is 0 Å². The molecule has 0 radical (unpaired) electrons. The van der Waals surface area contributed by atoms with E-state index in [2.05, 4.69) is 53.1 Å². The van der Waals surface area contributed by atoms with E-state index in [0.29, 0.717) is 13.2 Å². The first kappa shape index (κ1) is 30.2. The van der Waals surface area contributed by atoms with E-state index in [-0.39, 0.29) is 6.42 Å². The quantitative estimate of drug-likeness (QED) is 0.176. The lowest BCUT2D eigenvalue weighted by Gasteiger charge is -2.15. The number of fused-ring (bicyclic) bond motifs is 1. The van der Waals surface area contributed by atoms with Crippen LogP contribution in [0.2, 0.25) is 5.02 Å². The minimum Gasteiger partial charge on any atom is -0.494 e. The van der Waals surface area contributed by atoms with Gasteiger partial charge in [-0.2, -0.15) is 5.10 Å². The molecule has 0 bridgehead atoms. The molecule has 1 aliphatic rings. The molecule has 0 spiro atoms. The SMILES string of the molecule is Cc1cc(OCCCc2c(C)n(CCC(=O)O)c3c(-c4c(C)nn(CCN5CCCC5)c4C)cccc23)cc(C)c1Cl. The van der Waals surface area contributed by atoms with Crippen LogP contribution in [0, 0.1) is 34.6 Å². The number of para-hydroxylation sites is 1. The second-order valence-corrected chi connectivity index (χ2v) is 12.1. The number of hydrogen-bond acceptors (Lipinski definition) is 4. The van der Waals surface area contributed by atoms with Crippen molar-refractivity contribution in [3.05, 3.63) is 69.1 Å². The second-order valence-electron chi connectivity index (χ2n) is 11.7. The average Bonchev–Trinajstić information content (AvgIpc) is 3.64. The molecule has 2 aromatic carbocycles. The van der Waals surface area contributed by atoms with Crippen LogP contribution in [-0.2, 0) is 24.3 Å². The molecule has 0 saturated carbocycles. The predicted octanol–water partition coefficient (Wildman–Crippen LogP) is 7.28. The smallest absolute Gasteiger partial charge is 0.305 e. The molecular weight excluding hydrogens is 548 g/mol. The molecule has 0 aliphatic carbocycles. The Morgan fingerprint density at radius 2 is 1.71 bits per heavy atom. The molecule has 2 aromatic heterocycles. The molecule has 1 aliphatic heterocycles. The highest BCUT2D eigenvalue weighted by Gasteiger charge is 2.22. The molecule has 224 valence electrons. The van der Waals surface area contributed by atoms with Crippen LogP contribution < -0.4 is 4.74 Å². The van der Waals surface area contributed by atoms with Crippen LogP contribution in [0.1, 0.15) is 59.5 Å². The summed E-state index contributed by atoms with van der Waals surface area (Å²) in [6.45, 7) is 15.6. The number of likely N-dealkylation sites (tertiary alicyclic amines) is 1. The van der Waals surface area contributed by atoms with Gasteiger partial charge >= 0.3 is 5.97 Å². The highest BCUT2D eigenvalue weighted by Crippen LogP contribution is 2.38. The monoisotopic (exact) mass is 590 g/mol. The van der Waals surface area contributed by atoms with Crippen molar-refractivity contribution in [2.75, 3.05) is 26.2 Å². The minimum atomic E-state index is -0.792. The van der Waals surface area contributed by atoms with Crippen LogP contribution in [0.15, 0.2) is 30.3 Å². The Balaban J connectivity index is 1.44. The summed E-state index contributed by atoms with van der Waals surface area (Å²) in [5.41, 5.74) is 9.94. The van der Waals surface area contributed by atoms with E-state index in [0.717, 1.165) is 81.6 Å². The van der Waals surface area contributed by atoms with E-state index in [9.17, 15) is 9.90 Å². The van der Waals surface area contributed by atoms with Gasteiger partial charge in [-0.15, -0.1) is 0 Å². The summed E-state index contributed by atoms with van der Waals surface area (Å²) in [4.78, 5) is 14.1. The summed E-state index contributed by atoms with van der Waals surface area (Å²) in [5.74, 6) is 0.0457. The lowest BCUT2D eigenvalue weighted by atomic mass is 9.98. The summed E-state index contributed by atoms with van der Waals surface area (Å²) >= 11 is 6.33. The van der Waals surface area contributed by atoms with E-state index in [4.69, 9.17) is 21.4 Å². The Bertz CT molecular complexity index is 1570. The molecule has 0 atom stereocenters. The molecule has 42 heavy (non-hydrogen) atoms. The van der Waals surface area contributed by atoms with Crippen molar-refractivity contribution in [2.45, 2.75) is 79.8 Å². The number of carboxylic acids is 1. The first-order valence-electron chi connectivity index (χ1n) is 15.1. The fourth-order valence-electron chi connectivity index (χ4n) is 6.58. The van der Waals surface area contributed by atoms with Crippen LogP contribution in [-0.4, -0.2) is 56.6 Å². The molecule has 8 heteroatoms. The number of halogens is 1. The lowest BCUT2D eigenvalue weighted by molar-refractivity contribution is -0.137. The average molecular weight is 591 g/mol. The summed E-state index contributed by atoms with van der Waals surface area (Å²) < 4.78 is 10.5. The number of aliphatic carboxylic acids is 1. The van der Waals surface area contributed by atoms with Gasteiger partial charge in [-0.1, -0.05) is 29.8 Å². The number of benzene rings is 2. The third-order valence-corrected chi connectivity index (χ3v) is 9.35. The Morgan fingerprint density at radius 3 is 2.40 bits per heavy atom. The van der Waals surface area contributed by atoms with Gasteiger partial charge in [0.2, 0.25) is 0 Å². The molecule has 1 saturated heterocycles. The topological polar surface area (TPSA) is 72.5 Å². The molecule has 5 rings (SSSR count). The molecule has 1 N–H and O–H groups in total. The summed E-state index contributed by atoms with van der Waals surface area (Å²) in [6.07, 6.45) is 4.32. The Morgan fingerprint density at radius 1 is 1.00 bits per heavy atom. The van der Waals surface area contributed by atoms with Crippen LogP contribution in [0.5, 0.6) is 5.75 Å². The summed E-state index contributed by atoms with van der Waals surface area (Å²) in [5, 5.41) is 16.5. The van der Waals surface area contributed by atoms with Gasteiger partial charge in [-0.25, -0.2) is 0 Å². The lowest BCUT2D eigenvalue weighted by Crippen LogP contribution is -2.24. The van der Waals surface area contributed by atoms with Gasteiger partial charge in [0.05, 0.1) is 30.8 Å². The number of hydrogen-bond donors (Lipinski definition) is 1. The maximum absolute atomic E-state index is 11.6. The maximum atomic E-state index is 11.6. The van der Waals surface area contributed by atoms with Gasteiger partial charge in [0.25, 0.3) is 0 Å². The van der Waals surface area contributed by atoms with E-state index in [1.165, 1.54) is 36.9 Å². The predicted molar refractivity (Wildman–Crippen MR) is 170 cm³/mol. The molecule has 4 aromatic rings. The third-order valence-electron chi connectivity index (χ3n) is 8.75. The van der Waals surface area contributed by atoms with Crippen LogP contribution >= 0.6 is 11.6 Å². The second kappa shape index (κ2) is 12.9. The van der Waals surface area contributed by atoms with Crippen LogP contribution in [0.3, 0.4) is 0 Å². The van der Waals surface area contributed by atoms with E-state index in [1.807, 2.05) is 26.0 Å². The Labute approximate surface area is 254 Å². The van der Waals surface area contributed by atoms with Gasteiger partial charge in [-0.3, -0.25) is 9.48 Å². The van der Waals surface area contributed by atoms with Crippen LogP contribution in [0.4, 0.5) is 0 Å². The molecule has 7 nitrogen and oxygen atoms in total. The zero-order valence-corrected chi connectivity index (χ0v) is 26.4. The van der Waals surface area contributed by atoms with Gasteiger partial charge < -0.3 is 19.3 Å². The number of carbonyl (C=O) groups is 1. The highest BCUT2D eigenvalue weighted by atomic mass is 35.5. The van der Waals surface area contributed by atoms with E-state index in [1.54, 1.807) is 0 Å². The number of aryl methyl sites for hydroxylation is 5. The number of aromatic nitrogens is 3. The Hall–Kier alpha value is -3.29. The van der Waals surface area contributed by atoms with Gasteiger partial charge in [0.15, 0.2) is 0 Å². The zero-order valence-electron chi connectivity index (χ0n) is 25.6. The van der Waals surface area contributed by atoms with Crippen molar-refractivity contribution in [1.82, 2.24) is 19.2 Å².